The summed E-state index contributed by atoms with van der Waals surface area (Å²) in [6.45, 7) is 0. The maximum absolute atomic E-state index is 6.16. The molecule has 0 aliphatic carbocycles. The van der Waals surface area contributed by atoms with Crippen molar-refractivity contribution in [2.24, 2.45) is 0 Å². The summed E-state index contributed by atoms with van der Waals surface area (Å²) in [5.74, 6) is 0.683. The highest BCUT2D eigenvalue weighted by Gasteiger charge is 2.07. The molecule has 0 spiro atoms. The van der Waals surface area contributed by atoms with Gasteiger partial charge in [-0.05, 0) is 28.1 Å². The molecule has 5 heteroatoms. The van der Waals surface area contributed by atoms with Crippen molar-refractivity contribution in [1.82, 2.24) is 9.97 Å². The number of aromatic nitrogens is 2. The molecule has 0 radical (unpaired) electrons. The molecular formula is C14H8BrClN2O. The van der Waals surface area contributed by atoms with Crippen LogP contribution < -0.4 is 4.74 Å². The van der Waals surface area contributed by atoms with Crippen molar-refractivity contribution in [2.75, 3.05) is 0 Å². The van der Waals surface area contributed by atoms with Crippen LogP contribution in [-0.2, 0) is 0 Å². The van der Waals surface area contributed by atoms with Gasteiger partial charge in [0, 0.05) is 28.2 Å². The van der Waals surface area contributed by atoms with Gasteiger partial charge in [-0.1, -0.05) is 35.9 Å². The molecule has 0 fully saturated rings. The minimum atomic E-state index is 0.302. The lowest BCUT2D eigenvalue weighted by atomic mass is 10.1. The van der Waals surface area contributed by atoms with Gasteiger partial charge >= 0.3 is 6.01 Å². The minimum absolute atomic E-state index is 0.302. The molecule has 2 aromatic carbocycles. The fraction of sp³-hybridized carbons (Fsp3) is 0. The molecular weight excluding hydrogens is 328 g/mol. The molecule has 0 atom stereocenters. The Kier molecular flexibility index (Phi) is 3.36. The number of nitrogens with zero attached hydrogens (tertiary/aromatic N) is 2. The molecule has 0 unspecified atom stereocenters. The van der Waals surface area contributed by atoms with Gasteiger partial charge in [-0.25, -0.2) is 9.97 Å². The molecule has 1 aromatic heterocycles. The summed E-state index contributed by atoms with van der Waals surface area (Å²) in [4.78, 5) is 8.18. The lowest BCUT2D eigenvalue weighted by Gasteiger charge is -2.08. The Morgan fingerprint density at radius 2 is 1.63 bits per heavy atom. The van der Waals surface area contributed by atoms with Gasteiger partial charge < -0.3 is 4.74 Å². The van der Waals surface area contributed by atoms with E-state index in [1.807, 2.05) is 30.3 Å². The lowest BCUT2D eigenvalue weighted by molar-refractivity contribution is 0.446. The highest BCUT2D eigenvalue weighted by atomic mass is 79.9. The van der Waals surface area contributed by atoms with Crippen molar-refractivity contribution in [2.45, 2.75) is 0 Å². The summed E-state index contributed by atoms with van der Waals surface area (Å²) in [5, 5.41) is 2.57. The Balaban J connectivity index is 2.06. The van der Waals surface area contributed by atoms with Gasteiger partial charge in [0.1, 0.15) is 5.75 Å². The van der Waals surface area contributed by atoms with E-state index in [9.17, 15) is 0 Å². The van der Waals surface area contributed by atoms with Crippen LogP contribution in [0.1, 0.15) is 0 Å². The summed E-state index contributed by atoms with van der Waals surface area (Å²) in [6.07, 6.45) is 3.28. The number of hydrogen-bond acceptors (Lipinski definition) is 3. The van der Waals surface area contributed by atoms with Gasteiger partial charge in [0.15, 0.2) is 0 Å². The number of ether oxygens (including phenoxy) is 1. The topological polar surface area (TPSA) is 35.0 Å². The Morgan fingerprint density at radius 1 is 0.947 bits per heavy atom. The molecule has 3 nitrogen and oxygen atoms in total. The third-order valence-electron chi connectivity index (χ3n) is 2.63. The molecule has 94 valence electrons. The Hall–Kier alpha value is -1.65. The fourth-order valence-electron chi connectivity index (χ4n) is 1.78. The van der Waals surface area contributed by atoms with E-state index in [1.165, 1.54) is 0 Å². The quantitative estimate of drug-likeness (QED) is 0.672. The van der Waals surface area contributed by atoms with Crippen LogP contribution in [0.3, 0.4) is 0 Å². The second kappa shape index (κ2) is 5.15. The normalized spacial score (nSPS) is 10.6. The number of fused-ring (bicyclic) bond motifs is 1. The smallest absolute Gasteiger partial charge is 0.321 e. The lowest BCUT2D eigenvalue weighted by Crippen LogP contribution is -1.92. The zero-order valence-electron chi connectivity index (χ0n) is 9.68. The van der Waals surface area contributed by atoms with E-state index < -0.39 is 0 Å². The summed E-state index contributed by atoms with van der Waals surface area (Å²) >= 11 is 9.44. The van der Waals surface area contributed by atoms with Gasteiger partial charge in [-0.2, -0.15) is 0 Å². The van der Waals surface area contributed by atoms with Crippen molar-refractivity contribution in [3.63, 3.8) is 0 Å². The van der Waals surface area contributed by atoms with Gasteiger partial charge in [0.2, 0.25) is 0 Å². The maximum atomic E-state index is 6.16. The van der Waals surface area contributed by atoms with E-state index in [-0.39, 0.29) is 0 Å². The van der Waals surface area contributed by atoms with Crippen molar-refractivity contribution >= 4 is 38.3 Å². The molecule has 0 aliphatic rings. The highest BCUT2D eigenvalue weighted by Crippen LogP contribution is 2.33. The van der Waals surface area contributed by atoms with Crippen molar-refractivity contribution in [1.29, 1.82) is 0 Å². The molecule has 0 saturated heterocycles. The SMILES string of the molecule is Clc1ccc(Oc2ncc(Br)cn2)c2ccccc12. The zero-order chi connectivity index (χ0) is 13.2. The van der Waals surface area contributed by atoms with E-state index in [0.717, 1.165) is 15.2 Å². The van der Waals surface area contributed by atoms with Crippen LogP contribution in [-0.4, -0.2) is 9.97 Å². The average molecular weight is 336 g/mol. The number of halogens is 2. The first-order valence-corrected chi connectivity index (χ1v) is 6.74. The zero-order valence-corrected chi connectivity index (χ0v) is 12.0. The molecule has 0 N–H and O–H groups in total. The molecule has 19 heavy (non-hydrogen) atoms. The van der Waals surface area contributed by atoms with Gasteiger partial charge in [-0.15, -0.1) is 0 Å². The largest absolute Gasteiger partial charge is 0.424 e. The number of hydrogen-bond donors (Lipinski definition) is 0. The van der Waals surface area contributed by atoms with Crippen molar-refractivity contribution in [3.8, 4) is 11.8 Å². The third-order valence-corrected chi connectivity index (χ3v) is 3.37. The van der Waals surface area contributed by atoms with Gasteiger partial charge in [-0.3, -0.25) is 0 Å². The van der Waals surface area contributed by atoms with Gasteiger partial charge in [0.25, 0.3) is 0 Å². The molecule has 0 bridgehead atoms. The van der Waals surface area contributed by atoms with Crippen molar-refractivity contribution < 1.29 is 4.74 Å². The molecule has 0 saturated carbocycles. The second-order valence-electron chi connectivity index (χ2n) is 3.88. The van der Waals surface area contributed by atoms with Crippen molar-refractivity contribution in [3.05, 3.63) is 58.3 Å². The van der Waals surface area contributed by atoms with Crippen LogP contribution in [0.25, 0.3) is 10.8 Å². The fourth-order valence-corrected chi connectivity index (χ4v) is 2.21. The maximum Gasteiger partial charge on any atom is 0.321 e. The average Bonchev–Trinajstić information content (AvgIpc) is 2.45. The standard InChI is InChI=1S/C14H8BrClN2O/c15-9-7-17-14(18-8-9)19-13-6-5-12(16)10-3-1-2-4-11(10)13/h1-8H. The van der Waals surface area contributed by atoms with Crippen LogP contribution in [0.4, 0.5) is 0 Å². The summed E-state index contributed by atoms with van der Waals surface area (Å²) < 4.78 is 6.51. The predicted octanol–water partition coefficient (Wildman–Crippen LogP) is 4.84. The first-order valence-electron chi connectivity index (χ1n) is 5.57. The van der Waals surface area contributed by atoms with Crippen LogP contribution in [0.2, 0.25) is 5.02 Å². The van der Waals surface area contributed by atoms with Crippen LogP contribution in [0, 0.1) is 0 Å². The summed E-state index contributed by atoms with van der Waals surface area (Å²) in [6, 6.07) is 11.7. The number of rotatable bonds is 2. The van der Waals surface area contributed by atoms with Gasteiger partial charge in [0.05, 0.1) is 4.47 Å². The van der Waals surface area contributed by atoms with E-state index in [2.05, 4.69) is 25.9 Å². The second-order valence-corrected chi connectivity index (χ2v) is 5.20. The highest BCUT2D eigenvalue weighted by molar-refractivity contribution is 9.10. The predicted molar refractivity (Wildman–Crippen MR) is 78.8 cm³/mol. The first kappa shape index (κ1) is 12.4. The molecule has 0 aliphatic heterocycles. The Morgan fingerprint density at radius 3 is 2.37 bits per heavy atom. The monoisotopic (exact) mass is 334 g/mol. The van der Waals surface area contributed by atoms with E-state index in [4.69, 9.17) is 16.3 Å². The number of benzene rings is 2. The van der Waals surface area contributed by atoms with E-state index >= 15 is 0 Å². The summed E-state index contributed by atoms with van der Waals surface area (Å²) in [7, 11) is 0. The minimum Gasteiger partial charge on any atom is -0.424 e. The molecule has 3 rings (SSSR count). The Bertz CT molecular complexity index is 731. The molecule has 1 heterocycles. The Labute approximate surface area is 123 Å². The first-order chi connectivity index (χ1) is 9.24. The van der Waals surface area contributed by atoms with E-state index in [0.29, 0.717) is 16.8 Å². The molecule has 3 aromatic rings. The van der Waals surface area contributed by atoms with Crippen LogP contribution >= 0.6 is 27.5 Å². The van der Waals surface area contributed by atoms with E-state index in [1.54, 1.807) is 18.5 Å². The molecule has 0 amide bonds. The van der Waals surface area contributed by atoms with Crippen LogP contribution in [0.5, 0.6) is 11.8 Å². The van der Waals surface area contributed by atoms with Crippen LogP contribution in [0.15, 0.2) is 53.3 Å². The third kappa shape index (κ3) is 2.55. The summed E-state index contributed by atoms with van der Waals surface area (Å²) in [5.41, 5.74) is 0.